The van der Waals surface area contributed by atoms with E-state index in [9.17, 15) is 4.79 Å². The highest BCUT2D eigenvalue weighted by molar-refractivity contribution is 7.99. The summed E-state index contributed by atoms with van der Waals surface area (Å²) in [7, 11) is 0. The number of benzene rings is 2. The highest BCUT2D eigenvalue weighted by Gasteiger charge is 2.23. The van der Waals surface area contributed by atoms with E-state index in [0.29, 0.717) is 19.5 Å². The van der Waals surface area contributed by atoms with E-state index in [1.54, 1.807) is 11.8 Å². The van der Waals surface area contributed by atoms with Crippen LogP contribution >= 0.6 is 24.2 Å². The predicted octanol–water partition coefficient (Wildman–Crippen LogP) is 3.56. The summed E-state index contributed by atoms with van der Waals surface area (Å²) in [6.45, 7) is 3.02. The molecule has 128 valence electrons. The number of rotatable bonds is 5. The fourth-order valence-corrected chi connectivity index (χ4v) is 3.74. The number of carbonyl (C=O) groups is 1. The number of para-hydroxylation sites is 2. The van der Waals surface area contributed by atoms with Gasteiger partial charge in [-0.2, -0.15) is 0 Å². The van der Waals surface area contributed by atoms with Gasteiger partial charge in [0.1, 0.15) is 0 Å². The van der Waals surface area contributed by atoms with Crippen molar-refractivity contribution in [2.75, 3.05) is 18.0 Å². The number of nitrogens with zero attached hydrogens (tertiary/aromatic N) is 1. The lowest BCUT2D eigenvalue weighted by molar-refractivity contribution is -0.121. The minimum absolute atomic E-state index is 0. The van der Waals surface area contributed by atoms with Crippen molar-refractivity contribution in [2.45, 2.75) is 29.2 Å². The first kappa shape index (κ1) is 18.6. The first-order valence-corrected chi connectivity index (χ1v) is 8.63. The Bertz CT molecular complexity index is 665. The number of nitrogens with two attached hydrogens (primary N) is 1. The monoisotopic (exact) mass is 363 g/mol. The molecule has 1 aliphatic heterocycles. The number of amides is 1. The smallest absolute Gasteiger partial charge is 0.222 e. The molecule has 1 atom stereocenters. The van der Waals surface area contributed by atoms with Gasteiger partial charge < -0.3 is 16.0 Å². The van der Waals surface area contributed by atoms with Gasteiger partial charge in [0.2, 0.25) is 5.91 Å². The van der Waals surface area contributed by atoms with Crippen molar-refractivity contribution >= 4 is 41.5 Å². The average molecular weight is 364 g/mol. The molecule has 3 N–H and O–H groups in total. The van der Waals surface area contributed by atoms with Crippen LogP contribution in [0.1, 0.15) is 13.3 Å². The maximum atomic E-state index is 12.1. The third-order valence-electron chi connectivity index (χ3n) is 3.86. The molecule has 0 fully saturated rings. The molecule has 0 aliphatic carbocycles. The molecule has 0 radical (unpaired) electrons. The molecule has 0 spiro atoms. The van der Waals surface area contributed by atoms with Crippen molar-refractivity contribution in [3.63, 3.8) is 0 Å². The lowest BCUT2D eigenvalue weighted by atomic mass is 10.2. The van der Waals surface area contributed by atoms with Crippen molar-refractivity contribution in [3.05, 3.63) is 48.5 Å². The predicted molar refractivity (Wildman–Crippen MR) is 103 cm³/mol. The third-order valence-corrected chi connectivity index (χ3v) is 4.99. The van der Waals surface area contributed by atoms with E-state index in [1.807, 2.05) is 31.2 Å². The summed E-state index contributed by atoms with van der Waals surface area (Å²) in [4.78, 5) is 16.8. The largest absolute Gasteiger partial charge is 0.352 e. The van der Waals surface area contributed by atoms with Crippen LogP contribution in [-0.4, -0.2) is 25.0 Å². The first-order valence-electron chi connectivity index (χ1n) is 7.82. The zero-order valence-corrected chi connectivity index (χ0v) is 15.2. The summed E-state index contributed by atoms with van der Waals surface area (Å²) in [5, 5.41) is 2.92. The maximum absolute atomic E-state index is 12.1. The Morgan fingerprint density at radius 1 is 1.12 bits per heavy atom. The zero-order valence-electron chi connectivity index (χ0n) is 13.6. The highest BCUT2D eigenvalue weighted by atomic mass is 35.5. The molecule has 2 aromatic rings. The summed E-state index contributed by atoms with van der Waals surface area (Å²) < 4.78 is 0. The second-order valence-electron chi connectivity index (χ2n) is 5.64. The van der Waals surface area contributed by atoms with Gasteiger partial charge in [0.05, 0.1) is 11.4 Å². The number of carbonyl (C=O) groups excluding carboxylic acids is 1. The molecule has 0 saturated heterocycles. The molecule has 3 rings (SSSR count). The lowest BCUT2D eigenvalue weighted by Crippen LogP contribution is -2.39. The molecule has 0 bridgehead atoms. The minimum atomic E-state index is 0. The normalized spacial score (nSPS) is 13.3. The SMILES string of the molecule is C[C@@H](CN)NC(=O)CCN1c2ccccc2Sc2ccccc21.Cl. The summed E-state index contributed by atoms with van der Waals surface area (Å²) in [5.41, 5.74) is 7.88. The fraction of sp³-hybridized carbons (Fsp3) is 0.278. The van der Waals surface area contributed by atoms with Gasteiger partial charge >= 0.3 is 0 Å². The molecule has 1 aliphatic rings. The van der Waals surface area contributed by atoms with Gasteiger partial charge in [0.15, 0.2) is 0 Å². The molecular weight excluding hydrogens is 342 g/mol. The van der Waals surface area contributed by atoms with Gasteiger partial charge in [-0.3, -0.25) is 4.79 Å². The molecule has 24 heavy (non-hydrogen) atoms. The minimum Gasteiger partial charge on any atom is -0.352 e. The Balaban J connectivity index is 0.00000208. The molecular formula is C18H22ClN3OS. The lowest BCUT2D eigenvalue weighted by Gasteiger charge is -2.32. The Labute approximate surface area is 153 Å². The Morgan fingerprint density at radius 3 is 2.21 bits per heavy atom. The van der Waals surface area contributed by atoms with Gasteiger partial charge in [0.25, 0.3) is 0 Å². The molecule has 0 saturated carbocycles. The quantitative estimate of drug-likeness (QED) is 0.852. The number of fused-ring (bicyclic) bond motifs is 2. The first-order chi connectivity index (χ1) is 11.2. The number of halogens is 1. The van der Waals surface area contributed by atoms with Crippen molar-refractivity contribution in [2.24, 2.45) is 5.73 Å². The van der Waals surface area contributed by atoms with Crippen LogP contribution in [0.4, 0.5) is 11.4 Å². The number of anilines is 2. The molecule has 0 aromatic heterocycles. The molecule has 0 unspecified atom stereocenters. The van der Waals surface area contributed by atoms with Crippen LogP contribution in [0.2, 0.25) is 0 Å². The molecule has 6 heteroatoms. The molecule has 2 aromatic carbocycles. The van der Waals surface area contributed by atoms with Gasteiger partial charge in [0, 0.05) is 35.3 Å². The van der Waals surface area contributed by atoms with E-state index in [1.165, 1.54) is 9.79 Å². The van der Waals surface area contributed by atoms with Gasteiger partial charge in [-0.1, -0.05) is 36.0 Å². The second kappa shape index (κ2) is 8.42. The van der Waals surface area contributed by atoms with E-state index in [-0.39, 0.29) is 24.4 Å². The van der Waals surface area contributed by atoms with Crippen molar-refractivity contribution in [1.29, 1.82) is 0 Å². The molecule has 1 heterocycles. The van der Waals surface area contributed by atoms with Gasteiger partial charge in [-0.15, -0.1) is 12.4 Å². The van der Waals surface area contributed by atoms with Crippen LogP contribution in [0.5, 0.6) is 0 Å². The number of nitrogens with one attached hydrogen (secondary N) is 1. The van der Waals surface area contributed by atoms with Crippen LogP contribution in [0.3, 0.4) is 0 Å². The Kier molecular flexibility index (Phi) is 6.54. The van der Waals surface area contributed by atoms with Crippen molar-refractivity contribution in [3.8, 4) is 0 Å². The third kappa shape index (κ3) is 4.04. The second-order valence-corrected chi connectivity index (χ2v) is 6.73. The fourth-order valence-electron chi connectivity index (χ4n) is 2.64. The summed E-state index contributed by atoms with van der Waals surface area (Å²) in [5.74, 6) is 0.0381. The zero-order chi connectivity index (χ0) is 16.2. The van der Waals surface area contributed by atoms with E-state index in [2.05, 4.69) is 34.5 Å². The topological polar surface area (TPSA) is 58.4 Å². The highest BCUT2D eigenvalue weighted by Crippen LogP contribution is 2.47. The van der Waals surface area contributed by atoms with Crippen LogP contribution < -0.4 is 16.0 Å². The van der Waals surface area contributed by atoms with E-state index in [0.717, 1.165) is 11.4 Å². The van der Waals surface area contributed by atoms with Gasteiger partial charge in [-0.05, 0) is 31.2 Å². The van der Waals surface area contributed by atoms with E-state index in [4.69, 9.17) is 5.73 Å². The maximum Gasteiger partial charge on any atom is 0.222 e. The van der Waals surface area contributed by atoms with Crippen LogP contribution in [-0.2, 0) is 4.79 Å². The van der Waals surface area contributed by atoms with Crippen LogP contribution in [0, 0.1) is 0 Å². The summed E-state index contributed by atoms with van der Waals surface area (Å²) >= 11 is 1.78. The molecule has 4 nitrogen and oxygen atoms in total. The average Bonchev–Trinajstić information content (AvgIpc) is 2.58. The standard InChI is InChI=1S/C18H21N3OS.ClH/c1-13(12-19)20-18(22)10-11-21-14-6-2-4-8-16(14)23-17-9-5-3-7-15(17)21;/h2-9,13H,10-12,19H2,1H3,(H,20,22);1H/t13-;/m0./s1. The van der Waals surface area contributed by atoms with Crippen molar-refractivity contribution in [1.82, 2.24) is 5.32 Å². The summed E-state index contributed by atoms with van der Waals surface area (Å²) in [6.07, 6.45) is 0.442. The Morgan fingerprint density at radius 2 is 1.67 bits per heavy atom. The number of hydrogen-bond acceptors (Lipinski definition) is 4. The van der Waals surface area contributed by atoms with Crippen molar-refractivity contribution < 1.29 is 4.79 Å². The van der Waals surface area contributed by atoms with Crippen LogP contribution in [0.25, 0.3) is 0 Å². The molecule has 1 amide bonds. The van der Waals surface area contributed by atoms with Crippen LogP contribution in [0.15, 0.2) is 58.3 Å². The van der Waals surface area contributed by atoms with E-state index >= 15 is 0 Å². The number of hydrogen-bond donors (Lipinski definition) is 2. The van der Waals surface area contributed by atoms with Gasteiger partial charge in [-0.25, -0.2) is 0 Å². The van der Waals surface area contributed by atoms with E-state index < -0.39 is 0 Å². The summed E-state index contributed by atoms with van der Waals surface area (Å²) in [6, 6.07) is 16.7. The Hall–Kier alpha value is -1.69.